The van der Waals surface area contributed by atoms with Crippen LogP contribution >= 0.6 is 0 Å². The van der Waals surface area contributed by atoms with Gasteiger partial charge in [0.25, 0.3) is 5.91 Å². The van der Waals surface area contributed by atoms with Crippen LogP contribution < -0.4 is 10.1 Å². The Morgan fingerprint density at radius 1 is 1.03 bits per heavy atom. The molecular weight excluding hydrogens is 444 g/mol. The first kappa shape index (κ1) is 23.4. The molecule has 0 aliphatic rings. The molecule has 1 N–H and O–H groups in total. The standard InChI is InChI=1S/C27H24N4O4/c1-34-24-12-9-20(10-13-24)16-29-25(32)19-35-26(33)14-11-22-18-31(23-7-3-2-4-8-23)30-27(22)21-6-5-15-28-17-21/h2-15,17-18H,16,19H2,1H3,(H,29,32)/b14-11+. The van der Waals surface area contributed by atoms with E-state index in [9.17, 15) is 9.59 Å². The molecule has 0 fully saturated rings. The molecule has 0 atom stereocenters. The summed E-state index contributed by atoms with van der Waals surface area (Å²) in [6, 6.07) is 20.7. The number of pyridine rings is 1. The Labute approximate surface area is 202 Å². The highest BCUT2D eigenvalue weighted by Gasteiger charge is 2.12. The molecule has 35 heavy (non-hydrogen) atoms. The lowest BCUT2D eigenvalue weighted by Crippen LogP contribution is -2.28. The first-order valence-corrected chi connectivity index (χ1v) is 10.9. The first-order chi connectivity index (χ1) is 17.1. The topological polar surface area (TPSA) is 95.3 Å². The lowest BCUT2D eigenvalue weighted by atomic mass is 10.1. The second-order valence-electron chi connectivity index (χ2n) is 7.52. The summed E-state index contributed by atoms with van der Waals surface area (Å²) in [7, 11) is 1.59. The smallest absolute Gasteiger partial charge is 0.331 e. The molecule has 2 heterocycles. The maximum Gasteiger partial charge on any atom is 0.331 e. The van der Waals surface area contributed by atoms with Gasteiger partial charge in [-0.1, -0.05) is 30.3 Å². The number of carbonyl (C=O) groups is 2. The number of benzene rings is 2. The molecule has 1 amide bonds. The quantitative estimate of drug-likeness (QED) is 0.296. The third-order valence-electron chi connectivity index (χ3n) is 5.09. The number of amides is 1. The Morgan fingerprint density at radius 2 is 1.83 bits per heavy atom. The zero-order valence-electron chi connectivity index (χ0n) is 19.1. The van der Waals surface area contributed by atoms with Gasteiger partial charge < -0.3 is 14.8 Å². The normalized spacial score (nSPS) is 10.8. The summed E-state index contributed by atoms with van der Waals surface area (Å²) in [5.41, 5.74) is 3.98. The number of ether oxygens (including phenoxy) is 2. The van der Waals surface area contributed by atoms with Gasteiger partial charge in [0.2, 0.25) is 0 Å². The first-order valence-electron chi connectivity index (χ1n) is 10.9. The summed E-state index contributed by atoms with van der Waals surface area (Å²) in [5, 5.41) is 7.38. The van der Waals surface area contributed by atoms with Crippen molar-refractivity contribution in [2.45, 2.75) is 6.54 Å². The molecule has 4 aromatic rings. The largest absolute Gasteiger partial charge is 0.497 e. The number of carbonyl (C=O) groups excluding carboxylic acids is 2. The lowest BCUT2D eigenvalue weighted by molar-refractivity contribution is -0.143. The Kier molecular flexibility index (Phi) is 7.65. The number of nitrogens with zero attached hydrogens (tertiary/aromatic N) is 3. The lowest BCUT2D eigenvalue weighted by Gasteiger charge is -2.06. The molecule has 0 unspecified atom stereocenters. The van der Waals surface area contributed by atoms with Crippen LogP contribution in [0.3, 0.4) is 0 Å². The maximum atomic E-state index is 12.2. The van der Waals surface area contributed by atoms with E-state index in [1.807, 2.05) is 72.9 Å². The molecule has 0 bridgehead atoms. The minimum absolute atomic E-state index is 0.323. The van der Waals surface area contributed by atoms with E-state index in [0.717, 1.165) is 22.6 Å². The van der Waals surface area contributed by atoms with E-state index in [4.69, 9.17) is 9.47 Å². The van der Waals surface area contributed by atoms with E-state index in [-0.39, 0.29) is 6.61 Å². The van der Waals surface area contributed by atoms with Crippen molar-refractivity contribution >= 4 is 18.0 Å². The molecule has 2 aromatic carbocycles. The molecule has 0 aliphatic carbocycles. The van der Waals surface area contributed by atoms with Crippen LogP contribution in [0.15, 0.2) is 91.4 Å². The van der Waals surface area contributed by atoms with Crippen LogP contribution in [0.5, 0.6) is 5.75 Å². The average molecular weight is 469 g/mol. The molecule has 0 saturated carbocycles. The van der Waals surface area contributed by atoms with Crippen molar-refractivity contribution in [2.24, 2.45) is 0 Å². The minimum Gasteiger partial charge on any atom is -0.497 e. The highest BCUT2D eigenvalue weighted by molar-refractivity contribution is 5.90. The van der Waals surface area contributed by atoms with Gasteiger partial charge in [-0.3, -0.25) is 9.78 Å². The minimum atomic E-state index is -0.630. The molecule has 176 valence electrons. The van der Waals surface area contributed by atoms with E-state index in [2.05, 4.69) is 15.4 Å². The van der Waals surface area contributed by atoms with Gasteiger partial charge in [0.05, 0.1) is 12.8 Å². The Balaban J connectivity index is 1.38. The highest BCUT2D eigenvalue weighted by Crippen LogP contribution is 2.24. The van der Waals surface area contributed by atoms with Crippen LogP contribution in [0.4, 0.5) is 0 Å². The molecule has 0 radical (unpaired) electrons. The molecule has 2 aromatic heterocycles. The van der Waals surface area contributed by atoms with E-state index in [1.165, 1.54) is 6.08 Å². The highest BCUT2D eigenvalue weighted by atomic mass is 16.5. The molecule has 4 rings (SSSR count). The fourth-order valence-electron chi connectivity index (χ4n) is 3.29. The Bertz CT molecular complexity index is 1300. The van der Waals surface area contributed by atoms with Crippen LogP contribution in [0.25, 0.3) is 23.0 Å². The van der Waals surface area contributed by atoms with Gasteiger partial charge >= 0.3 is 5.97 Å². The fourth-order valence-corrected chi connectivity index (χ4v) is 3.29. The van der Waals surface area contributed by atoms with Gasteiger partial charge in [-0.25, -0.2) is 9.48 Å². The fraction of sp³-hybridized carbons (Fsp3) is 0.111. The van der Waals surface area contributed by atoms with E-state index < -0.39 is 11.9 Å². The molecular formula is C27H24N4O4. The van der Waals surface area contributed by atoms with Crippen LogP contribution in [-0.4, -0.2) is 40.4 Å². The second kappa shape index (κ2) is 11.4. The van der Waals surface area contributed by atoms with Crippen molar-refractivity contribution < 1.29 is 19.1 Å². The number of methoxy groups -OCH3 is 1. The summed E-state index contributed by atoms with van der Waals surface area (Å²) >= 11 is 0. The van der Waals surface area contributed by atoms with Crippen LogP contribution in [0, 0.1) is 0 Å². The predicted molar refractivity (Wildman–Crippen MR) is 132 cm³/mol. The van der Waals surface area contributed by atoms with Crippen molar-refractivity contribution in [3.8, 4) is 22.7 Å². The van der Waals surface area contributed by atoms with E-state index in [1.54, 1.807) is 30.3 Å². The van der Waals surface area contributed by atoms with E-state index in [0.29, 0.717) is 17.8 Å². The van der Waals surface area contributed by atoms with Gasteiger partial charge in [0.15, 0.2) is 6.61 Å². The number of aromatic nitrogens is 3. The van der Waals surface area contributed by atoms with Crippen molar-refractivity contribution in [3.05, 3.63) is 103 Å². The van der Waals surface area contributed by atoms with Crippen molar-refractivity contribution in [3.63, 3.8) is 0 Å². The molecule has 0 spiro atoms. The van der Waals surface area contributed by atoms with Crippen molar-refractivity contribution in [1.82, 2.24) is 20.1 Å². The second-order valence-corrected chi connectivity index (χ2v) is 7.52. The summed E-state index contributed by atoms with van der Waals surface area (Å²) in [6.07, 6.45) is 8.11. The number of hydrogen-bond acceptors (Lipinski definition) is 6. The van der Waals surface area contributed by atoms with Crippen LogP contribution in [-0.2, 0) is 20.9 Å². The van der Waals surface area contributed by atoms with Crippen molar-refractivity contribution in [1.29, 1.82) is 0 Å². The zero-order chi connectivity index (χ0) is 24.5. The summed E-state index contributed by atoms with van der Waals surface area (Å²) in [4.78, 5) is 28.5. The third-order valence-corrected chi connectivity index (χ3v) is 5.09. The van der Waals surface area contributed by atoms with Crippen molar-refractivity contribution in [2.75, 3.05) is 13.7 Å². The van der Waals surface area contributed by atoms with Gasteiger partial charge in [-0.15, -0.1) is 0 Å². The molecule has 8 heteroatoms. The molecule has 0 saturated heterocycles. The zero-order valence-corrected chi connectivity index (χ0v) is 19.1. The summed E-state index contributed by atoms with van der Waals surface area (Å²) < 4.78 is 11.9. The number of esters is 1. The monoisotopic (exact) mass is 468 g/mol. The van der Waals surface area contributed by atoms with Gasteiger partial charge in [0, 0.05) is 42.3 Å². The number of hydrogen-bond donors (Lipinski definition) is 1. The Hall–Kier alpha value is -4.72. The van der Waals surface area contributed by atoms with Crippen LogP contribution in [0.1, 0.15) is 11.1 Å². The van der Waals surface area contributed by atoms with E-state index >= 15 is 0 Å². The molecule has 0 aliphatic heterocycles. The SMILES string of the molecule is COc1ccc(CNC(=O)COC(=O)/C=C/c2cn(-c3ccccc3)nc2-c2cccnc2)cc1. The van der Waals surface area contributed by atoms with Gasteiger partial charge in [-0.2, -0.15) is 5.10 Å². The number of rotatable bonds is 9. The predicted octanol–water partition coefficient (Wildman–Crippen LogP) is 3.82. The molecule has 8 nitrogen and oxygen atoms in total. The summed E-state index contributed by atoms with van der Waals surface area (Å²) in [6.45, 7) is -0.0541. The number of nitrogens with one attached hydrogen (secondary N) is 1. The van der Waals surface area contributed by atoms with Crippen LogP contribution in [0.2, 0.25) is 0 Å². The Morgan fingerprint density at radius 3 is 2.54 bits per heavy atom. The van der Waals surface area contributed by atoms with Gasteiger partial charge in [0.1, 0.15) is 11.4 Å². The third kappa shape index (κ3) is 6.42. The van der Waals surface area contributed by atoms with Gasteiger partial charge in [-0.05, 0) is 48.0 Å². The number of para-hydroxylation sites is 1. The maximum absolute atomic E-state index is 12.2. The average Bonchev–Trinajstić information content (AvgIpc) is 3.35. The summed E-state index contributed by atoms with van der Waals surface area (Å²) in [5.74, 6) is -0.286.